The predicted molar refractivity (Wildman–Crippen MR) is 79.0 cm³/mol. The third kappa shape index (κ3) is 4.02. The average Bonchev–Trinajstić information content (AvgIpc) is 2.56. The maximum atomic E-state index is 11.7. The summed E-state index contributed by atoms with van der Waals surface area (Å²) in [6, 6.07) is 7.95. The Morgan fingerprint density at radius 2 is 2.00 bits per heavy atom. The molecule has 2 unspecified atom stereocenters. The first-order valence-electron chi connectivity index (χ1n) is 7.21. The van der Waals surface area contributed by atoms with Gasteiger partial charge in [-0.3, -0.25) is 15.0 Å². The van der Waals surface area contributed by atoms with Crippen LogP contribution in [0.5, 0.6) is 0 Å². The van der Waals surface area contributed by atoms with Crippen LogP contribution in [-0.2, 0) is 14.3 Å². The van der Waals surface area contributed by atoms with E-state index in [-0.39, 0.29) is 12.5 Å². The predicted octanol–water partition coefficient (Wildman–Crippen LogP) is 1.27. The van der Waals surface area contributed by atoms with Crippen molar-refractivity contribution in [3.8, 4) is 0 Å². The van der Waals surface area contributed by atoms with Gasteiger partial charge >= 0.3 is 12.0 Å². The molecule has 1 aromatic rings. The lowest BCUT2D eigenvalue weighted by molar-refractivity contribution is -0.512. The van der Waals surface area contributed by atoms with Gasteiger partial charge < -0.3 is 9.47 Å². The van der Waals surface area contributed by atoms with Gasteiger partial charge in [-0.25, -0.2) is 4.79 Å². The molecule has 0 amide bonds. The van der Waals surface area contributed by atoms with Crippen molar-refractivity contribution in [1.82, 2.24) is 4.90 Å². The summed E-state index contributed by atoms with van der Waals surface area (Å²) < 4.78 is 9.91. The number of benzene rings is 1. The summed E-state index contributed by atoms with van der Waals surface area (Å²) in [7, 11) is 1.17. The molecular weight excluding hydrogens is 288 g/mol. The molecule has 7 nitrogen and oxygen atoms in total. The van der Waals surface area contributed by atoms with Gasteiger partial charge in [0.1, 0.15) is 0 Å². The van der Waals surface area contributed by atoms with Crippen LogP contribution in [0.1, 0.15) is 18.0 Å². The van der Waals surface area contributed by atoms with Gasteiger partial charge in [0.2, 0.25) is 0 Å². The summed E-state index contributed by atoms with van der Waals surface area (Å²) in [5, 5.41) is 11.2. The number of rotatable bonds is 6. The van der Waals surface area contributed by atoms with Crippen LogP contribution in [-0.4, -0.2) is 55.2 Å². The third-order valence-corrected chi connectivity index (χ3v) is 3.85. The van der Waals surface area contributed by atoms with Gasteiger partial charge in [0.05, 0.1) is 20.3 Å². The highest BCUT2D eigenvalue weighted by Crippen LogP contribution is 2.27. The topological polar surface area (TPSA) is 81.9 Å². The van der Waals surface area contributed by atoms with Gasteiger partial charge in [-0.15, -0.1) is 0 Å². The fourth-order valence-electron chi connectivity index (χ4n) is 2.68. The minimum Gasteiger partial charge on any atom is -0.464 e. The number of carbonyl (C=O) groups is 1. The summed E-state index contributed by atoms with van der Waals surface area (Å²) in [5.74, 6) is -0.806. The number of hydrogen-bond acceptors (Lipinski definition) is 6. The Morgan fingerprint density at radius 3 is 2.55 bits per heavy atom. The number of methoxy groups -OCH3 is 1. The van der Waals surface area contributed by atoms with Crippen molar-refractivity contribution >= 4 is 5.97 Å². The van der Waals surface area contributed by atoms with Crippen molar-refractivity contribution in [2.24, 2.45) is 0 Å². The zero-order valence-corrected chi connectivity index (χ0v) is 12.5. The second kappa shape index (κ2) is 7.86. The molecule has 1 aromatic carbocycles. The molecule has 1 aliphatic heterocycles. The van der Waals surface area contributed by atoms with E-state index < -0.39 is 16.9 Å². The molecule has 0 aliphatic carbocycles. The van der Waals surface area contributed by atoms with Crippen molar-refractivity contribution in [3.63, 3.8) is 0 Å². The number of hydrogen-bond donors (Lipinski definition) is 0. The van der Waals surface area contributed by atoms with E-state index in [4.69, 9.17) is 4.74 Å². The maximum Gasteiger partial charge on any atom is 0.381 e. The van der Waals surface area contributed by atoms with Crippen LogP contribution < -0.4 is 0 Å². The summed E-state index contributed by atoms with van der Waals surface area (Å²) in [6.45, 7) is 2.55. The first-order valence-corrected chi connectivity index (χ1v) is 7.21. The maximum absolute atomic E-state index is 11.7. The Hall–Kier alpha value is -1.99. The van der Waals surface area contributed by atoms with Crippen LogP contribution >= 0.6 is 0 Å². The molecule has 0 bridgehead atoms. The Bertz CT molecular complexity index is 502. The third-order valence-electron chi connectivity index (χ3n) is 3.85. The second-order valence-electron chi connectivity index (χ2n) is 5.13. The van der Waals surface area contributed by atoms with Gasteiger partial charge in [0.25, 0.3) is 0 Å². The van der Waals surface area contributed by atoms with E-state index in [0.29, 0.717) is 26.3 Å². The van der Waals surface area contributed by atoms with Crippen LogP contribution in [0.3, 0.4) is 0 Å². The second-order valence-corrected chi connectivity index (χ2v) is 5.13. The molecule has 2 atom stereocenters. The minimum absolute atomic E-state index is 0.0870. The van der Waals surface area contributed by atoms with E-state index in [1.165, 1.54) is 7.11 Å². The number of esters is 1. The molecule has 0 aromatic heterocycles. The van der Waals surface area contributed by atoms with Crippen LogP contribution in [0.4, 0.5) is 0 Å². The molecule has 1 fully saturated rings. The molecule has 1 saturated heterocycles. The summed E-state index contributed by atoms with van der Waals surface area (Å²) >= 11 is 0. The largest absolute Gasteiger partial charge is 0.464 e. The lowest BCUT2D eigenvalue weighted by atomic mass is 9.97. The molecular formula is C15H20N2O5. The Kier molecular flexibility index (Phi) is 5.85. The average molecular weight is 308 g/mol. The lowest BCUT2D eigenvalue weighted by Gasteiger charge is -2.34. The smallest absolute Gasteiger partial charge is 0.381 e. The monoisotopic (exact) mass is 308 g/mol. The molecule has 0 spiro atoms. The van der Waals surface area contributed by atoms with E-state index in [1.54, 1.807) is 0 Å². The van der Waals surface area contributed by atoms with Gasteiger partial charge in [-0.05, 0) is 5.56 Å². The molecule has 2 rings (SSSR count). The van der Waals surface area contributed by atoms with E-state index >= 15 is 0 Å². The quantitative estimate of drug-likeness (QED) is 0.447. The molecule has 0 radical (unpaired) electrons. The molecule has 0 N–H and O–H groups in total. The normalized spacial score (nSPS) is 18.4. The van der Waals surface area contributed by atoms with E-state index in [0.717, 1.165) is 5.56 Å². The zero-order valence-electron chi connectivity index (χ0n) is 12.5. The van der Waals surface area contributed by atoms with Crippen molar-refractivity contribution in [2.75, 3.05) is 33.4 Å². The van der Waals surface area contributed by atoms with Crippen LogP contribution in [0.25, 0.3) is 0 Å². The number of ether oxygens (including phenoxy) is 2. The lowest BCUT2D eigenvalue weighted by Crippen LogP contribution is -2.42. The number of nitrogens with zero attached hydrogens (tertiary/aromatic N) is 2. The van der Waals surface area contributed by atoms with Crippen LogP contribution in [0.2, 0.25) is 0 Å². The molecule has 22 heavy (non-hydrogen) atoms. The highest BCUT2D eigenvalue weighted by molar-refractivity contribution is 5.74. The highest BCUT2D eigenvalue weighted by atomic mass is 16.6. The standard InChI is InChI=1S/C15H20N2O5/c1-21-15(18)14(17(19)20)11-13(12-5-3-2-4-6-12)16-7-9-22-10-8-16/h2-6,13-14H,7-11H2,1H3. The molecule has 1 heterocycles. The molecule has 7 heteroatoms. The van der Waals surface area contributed by atoms with Gasteiger partial charge in [-0.2, -0.15) is 0 Å². The summed E-state index contributed by atoms with van der Waals surface area (Å²) in [4.78, 5) is 24.5. The number of morpholine rings is 1. The molecule has 0 saturated carbocycles. The van der Waals surface area contributed by atoms with E-state index in [9.17, 15) is 14.9 Å². The fourth-order valence-corrected chi connectivity index (χ4v) is 2.68. The van der Waals surface area contributed by atoms with Crippen molar-refractivity contribution in [1.29, 1.82) is 0 Å². The summed E-state index contributed by atoms with van der Waals surface area (Å²) in [6.07, 6.45) is 0.0870. The van der Waals surface area contributed by atoms with Gasteiger partial charge in [0, 0.05) is 30.5 Å². The molecule has 1 aliphatic rings. The SMILES string of the molecule is COC(=O)C(CC(c1ccccc1)N1CCOCC1)[N+](=O)[O-]. The van der Waals surface area contributed by atoms with E-state index in [2.05, 4.69) is 9.64 Å². The van der Waals surface area contributed by atoms with Gasteiger partial charge in [-0.1, -0.05) is 30.3 Å². The Labute approximate surface area is 129 Å². The number of carbonyl (C=O) groups excluding carboxylic acids is 1. The Morgan fingerprint density at radius 1 is 1.36 bits per heavy atom. The number of nitro groups is 1. The van der Waals surface area contributed by atoms with Crippen LogP contribution in [0.15, 0.2) is 30.3 Å². The molecule has 120 valence electrons. The first-order chi connectivity index (χ1) is 10.6. The highest BCUT2D eigenvalue weighted by Gasteiger charge is 2.36. The van der Waals surface area contributed by atoms with Crippen LogP contribution in [0, 0.1) is 10.1 Å². The minimum atomic E-state index is -1.36. The summed E-state index contributed by atoms with van der Waals surface area (Å²) in [5.41, 5.74) is 0.958. The Balaban J connectivity index is 2.23. The zero-order chi connectivity index (χ0) is 15.9. The van der Waals surface area contributed by atoms with E-state index in [1.807, 2.05) is 30.3 Å². The van der Waals surface area contributed by atoms with Crippen molar-refractivity contribution in [3.05, 3.63) is 46.0 Å². The first kappa shape index (κ1) is 16.4. The van der Waals surface area contributed by atoms with Crippen molar-refractivity contribution in [2.45, 2.75) is 18.5 Å². The van der Waals surface area contributed by atoms with Crippen molar-refractivity contribution < 1.29 is 19.2 Å². The van der Waals surface area contributed by atoms with Gasteiger partial charge in [0.15, 0.2) is 0 Å². The fraction of sp³-hybridized carbons (Fsp3) is 0.533.